The number of ether oxygens (including phenoxy) is 1. The van der Waals surface area contributed by atoms with Crippen LogP contribution in [-0.4, -0.2) is 17.4 Å². The summed E-state index contributed by atoms with van der Waals surface area (Å²) in [5, 5.41) is 9.58. The lowest BCUT2D eigenvalue weighted by Gasteiger charge is -2.15. The summed E-state index contributed by atoms with van der Waals surface area (Å²) in [6.07, 6.45) is 3.76. The molecule has 128 valence electrons. The molecule has 1 aliphatic carbocycles. The van der Waals surface area contributed by atoms with Gasteiger partial charge in [0.25, 0.3) is 0 Å². The Balaban J connectivity index is 1.88. The fraction of sp³-hybridized carbons (Fsp3) is 0.381. The van der Waals surface area contributed by atoms with E-state index in [-0.39, 0.29) is 12.4 Å². The summed E-state index contributed by atoms with van der Waals surface area (Å²) in [5.74, 6) is 0.671. The average molecular weight is 334 g/mol. The zero-order valence-corrected chi connectivity index (χ0v) is 14.7. The standard InChI is InChI=1S/C21H22N2O2/c1-14(2)11-19-17-10-6-9-16(17)18(12-22)21(23-19)25-13-20(24)15-7-4-3-5-8-15/h3-5,7-8,14H,6,9-11,13H2,1-2H3. The van der Waals surface area contributed by atoms with E-state index in [9.17, 15) is 10.1 Å². The SMILES string of the molecule is CC(C)Cc1nc(OCC(=O)c2ccccc2)c(C#N)c2c1CCC2. The fourth-order valence-corrected chi connectivity index (χ4v) is 3.33. The molecule has 0 aliphatic heterocycles. The van der Waals surface area contributed by atoms with Crippen molar-refractivity contribution in [1.82, 2.24) is 4.98 Å². The number of fused-ring (bicyclic) bond motifs is 1. The van der Waals surface area contributed by atoms with Crippen LogP contribution in [0, 0.1) is 17.2 Å². The number of aromatic nitrogens is 1. The normalized spacial score (nSPS) is 12.7. The summed E-state index contributed by atoms with van der Waals surface area (Å²) in [6.45, 7) is 4.20. The molecule has 0 saturated carbocycles. The fourth-order valence-electron chi connectivity index (χ4n) is 3.33. The van der Waals surface area contributed by atoms with Crippen molar-refractivity contribution >= 4 is 5.78 Å². The molecule has 1 aromatic heterocycles. The summed E-state index contributed by atoms with van der Waals surface area (Å²) in [6, 6.07) is 11.3. The molecule has 25 heavy (non-hydrogen) atoms. The monoisotopic (exact) mass is 334 g/mol. The molecule has 0 unspecified atom stereocenters. The first-order chi connectivity index (χ1) is 12.1. The van der Waals surface area contributed by atoms with Gasteiger partial charge in [0.05, 0.1) is 0 Å². The minimum atomic E-state index is -0.114. The lowest BCUT2D eigenvalue weighted by atomic mass is 9.98. The highest BCUT2D eigenvalue weighted by Crippen LogP contribution is 2.33. The van der Waals surface area contributed by atoms with Gasteiger partial charge in [0, 0.05) is 11.3 Å². The molecule has 4 nitrogen and oxygen atoms in total. The maximum Gasteiger partial charge on any atom is 0.232 e. The largest absolute Gasteiger partial charge is 0.468 e. The van der Waals surface area contributed by atoms with Gasteiger partial charge in [-0.3, -0.25) is 4.79 Å². The zero-order valence-electron chi connectivity index (χ0n) is 14.7. The Kier molecular flexibility index (Phi) is 5.14. The quantitative estimate of drug-likeness (QED) is 0.752. The minimum Gasteiger partial charge on any atom is -0.468 e. The summed E-state index contributed by atoms with van der Waals surface area (Å²) in [7, 11) is 0. The van der Waals surface area contributed by atoms with Crippen LogP contribution in [0.4, 0.5) is 0 Å². The van der Waals surface area contributed by atoms with Crippen LogP contribution in [0.2, 0.25) is 0 Å². The van der Waals surface area contributed by atoms with Crippen LogP contribution < -0.4 is 4.74 Å². The van der Waals surface area contributed by atoms with Crippen molar-refractivity contribution in [2.45, 2.75) is 39.5 Å². The molecule has 0 N–H and O–H groups in total. The Labute approximate surface area is 148 Å². The smallest absolute Gasteiger partial charge is 0.232 e. The molecule has 2 aromatic rings. The lowest BCUT2D eigenvalue weighted by Crippen LogP contribution is -2.15. The van der Waals surface area contributed by atoms with E-state index in [1.165, 1.54) is 5.56 Å². The first kappa shape index (κ1) is 17.2. The van der Waals surface area contributed by atoms with Gasteiger partial charge in [0.1, 0.15) is 11.6 Å². The van der Waals surface area contributed by atoms with Crippen LogP contribution >= 0.6 is 0 Å². The van der Waals surface area contributed by atoms with E-state index in [0.717, 1.165) is 36.9 Å². The third-order valence-corrected chi connectivity index (χ3v) is 4.47. The van der Waals surface area contributed by atoms with Crippen LogP contribution in [0.15, 0.2) is 30.3 Å². The number of nitrogens with zero attached hydrogens (tertiary/aromatic N) is 2. The highest BCUT2D eigenvalue weighted by atomic mass is 16.5. The Hall–Kier alpha value is -2.67. The summed E-state index contributed by atoms with van der Waals surface area (Å²) >= 11 is 0. The van der Waals surface area contributed by atoms with E-state index in [4.69, 9.17) is 4.74 Å². The number of benzene rings is 1. The van der Waals surface area contributed by atoms with Crippen molar-refractivity contribution in [1.29, 1.82) is 5.26 Å². The van der Waals surface area contributed by atoms with Gasteiger partial charge >= 0.3 is 0 Å². The third kappa shape index (κ3) is 3.71. The number of carbonyl (C=O) groups excluding carboxylic acids is 1. The summed E-state index contributed by atoms with van der Waals surface area (Å²) in [4.78, 5) is 16.9. The molecule has 1 heterocycles. The highest BCUT2D eigenvalue weighted by Gasteiger charge is 2.25. The molecule has 0 saturated heterocycles. The third-order valence-electron chi connectivity index (χ3n) is 4.47. The molecule has 4 heteroatoms. The van der Waals surface area contributed by atoms with Crippen molar-refractivity contribution in [3.05, 3.63) is 58.3 Å². The van der Waals surface area contributed by atoms with Crippen molar-refractivity contribution < 1.29 is 9.53 Å². The second-order valence-corrected chi connectivity index (χ2v) is 6.84. The minimum absolute atomic E-state index is 0.106. The molecular weight excluding hydrogens is 312 g/mol. The van der Waals surface area contributed by atoms with Crippen LogP contribution in [0.1, 0.15) is 53.0 Å². The topological polar surface area (TPSA) is 63.0 Å². The van der Waals surface area contributed by atoms with E-state index in [1.807, 2.05) is 18.2 Å². The van der Waals surface area contributed by atoms with E-state index in [1.54, 1.807) is 12.1 Å². The summed E-state index contributed by atoms with van der Waals surface area (Å²) < 4.78 is 5.71. The van der Waals surface area contributed by atoms with Crippen LogP contribution in [0.3, 0.4) is 0 Å². The summed E-state index contributed by atoms with van der Waals surface area (Å²) in [5.41, 5.74) is 4.40. The van der Waals surface area contributed by atoms with E-state index in [0.29, 0.717) is 22.9 Å². The zero-order chi connectivity index (χ0) is 17.8. The van der Waals surface area contributed by atoms with Gasteiger partial charge in [-0.15, -0.1) is 0 Å². The predicted molar refractivity (Wildman–Crippen MR) is 95.8 cm³/mol. The van der Waals surface area contributed by atoms with Gasteiger partial charge in [-0.2, -0.15) is 5.26 Å². The second-order valence-electron chi connectivity index (χ2n) is 6.84. The van der Waals surface area contributed by atoms with E-state index < -0.39 is 0 Å². The van der Waals surface area contributed by atoms with Crippen molar-refractivity contribution in [2.75, 3.05) is 6.61 Å². The van der Waals surface area contributed by atoms with E-state index in [2.05, 4.69) is 24.9 Å². The molecule has 1 aliphatic rings. The van der Waals surface area contributed by atoms with Crippen molar-refractivity contribution in [2.24, 2.45) is 5.92 Å². The lowest BCUT2D eigenvalue weighted by molar-refractivity contribution is 0.0917. The maximum atomic E-state index is 12.3. The molecule has 0 atom stereocenters. The van der Waals surface area contributed by atoms with Gasteiger partial charge in [0.2, 0.25) is 5.88 Å². The predicted octanol–water partition coefficient (Wildman–Crippen LogP) is 3.90. The Morgan fingerprint density at radius 3 is 2.64 bits per heavy atom. The van der Waals surface area contributed by atoms with Gasteiger partial charge in [-0.1, -0.05) is 44.2 Å². The van der Waals surface area contributed by atoms with Crippen molar-refractivity contribution in [3.63, 3.8) is 0 Å². The van der Waals surface area contributed by atoms with Gasteiger partial charge < -0.3 is 4.74 Å². The number of rotatable bonds is 6. The number of hydrogen-bond donors (Lipinski definition) is 0. The Morgan fingerprint density at radius 2 is 1.96 bits per heavy atom. The second kappa shape index (κ2) is 7.48. The van der Waals surface area contributed by atoms with Gasteiger partial charge in [0.15, 0.2) is 12.4 Å². The molecule has 0 fully saturated rings. The molecule has 1 aromatic carbocycles. The first-order valence-electron chi connectivity index (χ1n) is 8.76. The number of carbonyl (C=O) groups is 1. The molecule has 0 bridgehead atoms. The Bertz CT molecular complexity index is 820. The molecular formula is C21H22N2O2. The number of ketones is 1. The van der Waals surface area contributed by atoms with Gasteiger partial charge in [-0.05, 0) is 42.7 Å². The molecule has 0 radical (unpaired) electrons. The average Bonchev–Trinajstić information content (AvgIpc) is 3.10. The molecule has 3 rings (SSSR count). The Morgan fingerprint density at radius 1 is 1.24 bits per heavy atom. The number of hydrogen-bond acceptors (Lipinski definition) is 4. The molecule has 0 amide bonds. The maximum absolute atomic E-state index is 12.3. The van der Waals surface area contributed by atoms with E-state index >= 15 is 0 Å². The number of nitriles is 1. The molecule has 0 spiro atoms. The van der Waals surface area contributed by atoms with Crippen LogP contribution in [0.5, 0.6) is 5.88 Å². The highest BCUT2D eigenvalue weighted by molar-refractivity contribution is 5.97. The number of Topliss-reactive ketones (excluding diaryl/α,β-unsaturated/α-hetero) is 1. The van der Waals surface area contributed by atoms with Gasteiger partial charge in [-0.25, -0.2) is 4.98 Å². The first-order valence-corrected chi connectivity index (χ1v) is 8.76. The van der Waals surface area contributed by atoms with Crippen molar-refractivity contribution in [3.8, 4) is 11.9 Å². The van der Waals surface area contributed by atoms with Crippen LogP contribution in [0.25, 0.3) is 0 Å². The number of pyridine rings is 1. The van der Waals surface area contributed by atoms with Crippen LogP contribution in [-0.2, 0) is 19.3 Å².